The summed E-state index contributed by atoms with van der Waals surface area (Å²) in [7, 11) is -2.50. The zero-order valence-corrected chi connectivity index (χ0v) is 20.5. The monoisotopic (exact) mass is 472 g/mol. The van der Waals surface area contributed by atoms with Gasteiger partial charge in [-0.25, -0.2) is 9.97 Å². The van der Waals surface area contributed by atoms with E-state index < -0.39 is 14.0 Å². The lowest BCUT2D eigenvalue weighted by atomic mass is 9.89. The molecule has 174 valence electrons. The van der Waals surface area contributed by atoms with Crippen LogP contribution in [0.2, 0.25) is 0 Å². The fourth-order valence-electron chi connectivity index (χ4n) is 2.71. The van der Waals surface area contributed by atoms with Crippen molar-refractivity contribution in [2.45, 2.75) is 66.8 Å². The summed E-state index contributed by atoms with van der Waals surface area (Å²) >= 11 is 1.06. The van der Waals surface area contributed by atoms with E-state index in [0.717, 1.165) is 31.0 Å². The number of allylic oxidation sites excluding steroid dienone is 1. The van der Waals surface area contributed by atoms with E-state index in [-0.39, 0.29) is 30.5 Å². The van der Waals surface area contributed by atoms with E-state index in [4.69, 9.17) is 20.0 Å². The van der Waals surface area contributed by atoms with Crippen molar-refractivity contribution in [3.63, 3.8) is 0 Å². The SMILES string of the molecule is CCCCC(C)(C)C(=O)S/C(CCOP(O)O)=C(/C)N(C=O)Cc1cnc(C)nc1N. The molecule has 0 aliphatic rings. The molecule has 0 spiro atoms. The topological polar surface area (TPSA) is 139 Å². The summed E-state index contributed by atoms with van der Waals surface area (Å²) in [6, 6.07) is 0. The number of amides is 1. The van der Waals surface area contributed by atoms with Crippen LogP contribution in [0.4, 0.5) is 5.82 Å². The molecule has 0 saturated heterocycles. The molecule has 0 unspecified atom stereocenters. The van der Waals surface area contributed by atoms with Crippen LogP contribution in [0.5, 0.6) is 0 Å². The molecule has 0 radical (unpaired) electrons. The summed E-state index contributed by atoms with van der Waals surface area (Å²) in [5.41, 5.74) is 6.57. The quantitative estimate of drug-likeness (QED) is 0.290. The Bertz CT molecular complexity index is 789. The minimum atomic E-state index is -2.50. The molecule has 0 aromatic carbocycles. The normalized spacial score (nSPS) is 12.6. The first-order valence-corrected chi connectivity index (χ1v) is 12.0. The molecule has 31 heavy (non-hydrogen) atoms. The maximum atomic E-state index is 13.0. The fourth-order valence-corrected chi connectivity index (χ4v) is 4.02. The van der Waals surface area contributed by atoms with E-state index in [9.17, 15) is 9.59 Å². The molecular weight excluding hydrogens is 439 g/mol. The van der Waals surface area contributed by atoms with Gasteiger partial charge >= 0.3 is 8.60 Å². The zero-order chi connectivity index (χ0) is 23.6. The van der Waals surface area contributed by atoms with Crippen LogP contribution in [0.15, 0.2) is 16.8 Å². The van der Waals surface area contributed by atoms with Gasteiger partial charge in [0, 0.05) is 34.2 Å². The van der Waals surface area contributed by atoms with Gasteiger partial charge in [0.05, 0.1) is 13.2 Å². The summed E-state index contributed by atoms with van der Waals surface area (Å²) in [6.45, 7) is 9.49. The second-order valence-electron chi connectivity index (χ2n) is 7.78. The molecular formula is C20H33N4O5PS. The Balaban J connectivity index is 3.15. The molecule has 1 rings (SSSR count). The van der Waals surface area contributed by atoms with Gasteiger partial charge < -0.3 is 24.9 Å². The first kappa shape index (κ1) is 27.5. The van der Waals surface area contributed by atoms with Crippen molar-refractivity contribution >= 4 is 37.7 Å². The second kappa shape index (κ2) is 13.1. The molecule has 0 aliphatic heterocycles. The molecule has 11 heteroatoms. The number of nitrogen functional groups attached to an aromatic ring is 1. The number of aromatic nitrogens is 2. The molecule has 4 N–H and O–H groups in total. The number of carbonyl (C=O) groups is 2. The highest BCUT2D eigenvalue weighted by molar-refractivity contribution is 8.17. The maximum Gasteiger partial charge on any atom is 0.327 e. The summed E-state index contributed by atoms with van der Waals surface area (Å²) in [5.74, 6) is 0.816. The van der Waals surface area contributed by atoms with Gasteiger partial charge in [-0.15, -0.1) is 0 Å². The standard InChI is InChI=1S/C20H33N4O5PS/c1-6-7-9-20(4,5)19(26)31-17(8-10-29-30(27)28)14(2)24(13-25)12-16-11-22-15(3)23-18(16)21/h11,13,27-28H,6-10,12H2,1-5H3,(H2,21,22,23)/b17-14-. The van der Waals surface area contributed by atoms with Crippen LogP contribution >= 0.6 is 20.4 Å². The molecule has 0 fully saturated rings. The van der Waals surface area contributed by atoms with Crippen molar-refractivity contribution in [3.8, 4) is 0 Å². The van der Waals surface area contributed by atoms with Crippen LogP contribution in [0.25, 0.3) is 0 Å². The number of carbonyl (C=O) groups excluding carboxylic acids is 2. The largest absolute Gasteiger partial charge is 0.383 e. The van der Waals surface area contributed by atoms with Crippen molar-refractivity contribution in [3.05, 3.63) is 28.2 Å². The van der Waals surface area contributed by atoms with Crippen molar-refractivity contribution < 1.29 is 23.9 Å². The average Bonchev–Trinajstić information content (AvgIpc) is 2.70. The van der Waals surface area contributed by atoms with Crippen LogP contribution in [0.3, 0.4) is 0 Å². The number of rotatable bonds is 13. The highest BCUT2D eigenvalue weighted by Crippen LogP contribution is 2.37. The minimum Gasteiger partial charge on any atom is -0.383 e. The highest BCUT2D eigenvalue weighted by Gasteiger charge is 2.29. The van der Waals surface area contributed by atoms with Gasteiger partial charge in [-0.05, 0) is 20.3 Å². The summed E-state index contributed by atoms with van der Waals surface area (Å²) in [4.78, 5) is 53.2. The third-order valence-corrected chi connectivity index (χ3v) is 6.68. The lowest BCUT2D eigenvalue weighted by Crippen LogP contribution is -2.24. The van der Waals surface area contributed by atoms with E-state index in [2.05, 4.69) is 16.9 Å². The Kier molecular flexibility index (Phi) is 11.6. The van der Waals surface area contributed by atoms with Crippen LogP contribution < -0.4 is 5.73 Å². The van der Waals surface area contributed by atoms with Crippen LogP contribution in [0, 0.1) is 12.3 Å². The number of nitrogens with zero attached hydrogens (tertiary/aromatic N) is 3. The first-order valence-electron chi connectivity index (χ1n) is 10.0. The number of unbranched alkanes of at least 4 members (excludes halogenated alkanes) is 1. The summed E-state index contributed by atoms with van der Waals surface area (Å²) in [5, 5.41) is -0.0189. The summed E-state index contributed by atoms with van der Waals surface area (Å²) in [6.07, 6.45) is 5.16. The van der Waals surface area contributed by atoms with E-state index in [1.165, 1.54) is 4.90 Å². The van der Waals surface area contributed by atoms with Gasteiger partial charge in [-0.1, -0.05) is 45.4 Å². The Labute approximate surface area is 189 Å². The lowest BCUT2D eigenvalue weighted by molar-refractivity contribution is -0.118. The van der Waals surface area contributed by atoms with Gasteiger partial charge in [-0.2, -0.15) is 0 Å². The Morgan fingerprint density at radius 2 is 2.10 bits per heavy atom. The Morgan fingerprint density at radius 1 is 1.42 bits per heavy atom. The fraction of sp³-hybridized carbons (Fsp3) is 0.600. The molecule has 0 bridgehead atoms. The zero-order valence-electron chi connectivity index (χ0n) is 18.8. The van der Waals surface area contributed by atoms with Gasteiger partial charge in [0.25, 0.3) is 0 Å². The molecule has 1 amide bonds. The van der Waals surface area contributed by atoms with Gasteiger partial charge in [0.15, 0.2) is 5.12 Å². The van der Waals surface area contributed by atoms with Gasteiger partial charge in [-0.3, -0.25) is 9.59 Å². The highest BCUT2D eigenvalue weighted by atomic mass is 32.2. The van der Waals surface area contributed by atoms with Gasteiger partial charge in [0.2, 0.25) is 6.41 Å². The van der Waals surface area contributed by atoms with Crippen LogP contribution in [0.1, 0.15) is 64.8 Å². The average molecular weight is 473 g/mol. The molecule has 0 saturated carbocycles. The number of hydrogen-bond acceptors (Lipinski definition) is 9. The minimum absolute atomic E-state index is 0.00350. The second-order valence-corrected chi connectivity index (χ2v) is 9.61. The third kappa shape index (κ3) is 9.21. The van der Waals surface area contributed by atoms with Crippen molar-refractivity contribution in [2.75, 3.05) is 12.3 Å². The predicted molar refractivity (Wildman–Crippen MR) is 123 cm³/mol. The molecule has 1 heterocycles. The molecule has 1 aromatic heterocycles. The van der Waals surface area contributed by atoms with E-state index >= 15 is 0 Å². The number of aryl methyl sites for hydroxylation is 1. The van der Waals surface area contributed by atoms with E-state index in [1.54, 1.807) is 20.0 Å². The lowest BCUT2D eigenvalue weighted by Gasteiger charge is -2.26. The Hall–Kier alpha value is -1.58. The molecule has 9 nitrogen and oxygen atoms in total. The van der Waals surface area contributed by atoms with Crippen LogP contribution in [-0.2, 0) is 20.7 Å². The smallest absolute Gasteiger partial charge is 0.327 e. The third-order valence-electron chi connectivity index (χ3n) is 4.78. The number of thioether (sulfide) groups is 1. The molecule has 1 aromatic rings. The molecule has 0 aliphatic carbocycles. The van der Waals surface area contributed by atoms with Crippen LogP contribution in [-0.4, -0.2) is 42.8 Å². The number of anilines is 1. The van der Waals surface area contributed by atoms with Crippen molar-refractivity contribution in [2.24, 2.45) is 5.41 Å². The number of hydrogen-bond donors (Lipinski definition) is 3. The number of nitrogens with two attached hydrogens (primary N) is 1. The van der Waals surface area contributed by atoms with E-state index in [1.807, 2.05) is 13.8 Å². The van der Waals surface area contributed by atoms with Crippen molar-refractivity contribution in [1.29, 1.82) is 0 Å². The predicted octanol–water partition coefficient (Wildman–Crippen LogP) is 3.65. The van der Waals surface area contributed by atoms with E-state index in [0.29, 0.717) is 28.4 Å². The summed E-state index contributed by atoms with van der Waals surface area (Å²) < 4.78 is 4.89. The maximum absolute atomic E-state index is 13.0. The Morgan fingerprint density at radius 3 is 2.65 bits per heavy atom. The van der Waals surface area contributed by atoms with Crippen molar-refractivity contribution in [1.82, 2.24) is 14.9 Å². The molecule has 0 atom stereocenters. The first-order chi connectivity index (χ1) is 14.5. The van der Waals surface area contributed by atoms with Gasteiger partial charge in [0.1, 0.15) is 11.6 Å².